The molecule has 0 aliphatic heterocycles. The van der Waals surface area contributed by atoms with Crippen molar-refractivity contribution in [3.8, 4) is 6.07 Å². The number of nitrogen functional groups attached to an aromatic ring is 1. The molecule has 0 aliphatic rings. The third-order valence-corrected chi connectivity index (χ3v) is 3.63. The van der Waals surface area contributed by atoms with Gasteiger partial charge >= 0.3 is 5.97 Å². The van der Waals surface area contributed by atoms with E-state index in [0.717, 1.165) is 23.2 Å². The van der Waals surface area contributed by atoms with Crippen molar-refractivity contribution in [2.24, 2.45) is 0 Å². The summed E-state index contributed by atoms with van der Waals surface area (Å²) in [6.07, 6.45) is 0.824. The second-order valence-electron chi connectivity index (χ2n) is 5.38. The minimum Gasteiger partial charge on any atom is -0.464 e. The summed E-state index contributed by atoms with van der Waals surface area (Å²) < 4.78 is 5.19. The predicted octanol–water partition coefficient (Wildman–Crippen LogP) is 3.42. The van der Waals surface area contributed by atoms with Crippen LogP contribution in [0.15, 0.2) is 42.5 Å². The smallest absolute Gasteiger partial charge is 0.333 e. The van der Waals surface area contributed by atoms with Gasteiger partial charge in [0.25, 0.3) is 0 Å². The Hall–Kier alpha value is -3.00. The number of nitrogens with zero attached hydrogens (tertiary/aromatic N) is 1. The van der Waals surface area contributed by atoms with E-state index in [0.29, 0.717) is 17.9 Å². The van der Waals surface area contributed by atoms with Gasteiger partial charge in [-0.2, -0.15) is 5.26 Å². The summed E-state index contributed by atoms with van der Waals surface area (Å²) in [5, 5.41) is 12.0. The molecule has 24 heavy (non-hydrogen) atoms. The molecular formula is C19H21N3O2. The molecule has 0 radical (unpaired) electrons. The third-order valence-electron chi connectivity index (χ3n) is 3.63. The summed E-state index contributed by atoms with van der Waals surface area (Å²) >= 11 is 0. The van der Waals surface area contributed by atoms with Crippen LogP contribution in [0.25, 0.3) is 0 Å². The molecule has 124 valence electrons. The number of carbonyl (C=O) groups excluding carboxylic acids is 1. The quantitative estimate of drug-likeness (QED) is 0.628. The predicted molar refractivity (Wildman–Crippen MR) is 94.4 cm³/mol. The largest absolute Gasteiger partial charge is 0.464 e. The lowest BCUT2D eigenvalue weighted by Crippen LogP contribution is -2.23. The van der Waals surface area contributed by atoms with Gasteiger partial charge in [0.05, 0.1) is 18.2 Å². The number of anilines is 2. The number of aryl methyl sites for hydroxylation is 1. The normalized spacial score (nSPS) is 11.4. The Kier molecular flexibility index (Phi) is 5.80. The van der Waals surface area contributed by atoms with Crippen molar-refractivity contribution >= 4 is 17.3 Å². The molecular weight excluding hydrogens is 302 g/mol. The molecule has 0 aliphatic carbocycles. The summed E-state index contributed by atoms with van der Waals surface area (Å²) in [5.74, 6) is -0.366. The topological polar surface area (TPSA) is 88.1 Å². The van der Waals surface area contributed by atoms with Gasteiger partial charge in [-0.3, -0.25) is 0 Å². The van der Waals surface area contributed by atoms with E-state index in [2.05, 4.69) is 11.4 Å². The van der Waals surface area contributed by atoms with Crippen molar-refractivity contribution < 1.29 is 9.53 Å². The van der Waals surface area contributed by atoms with Crippen molar-refractivity contribution in [2.75, 3.05) is 17.7 Å². The lowest BCUT2D eigenvalue weighted by molar-refractivity contribution is -0.144. The summed E-state index contributed by atoms with van der Waals surface area (Å²) in [6.45, 7) is 4.10. The van der Waals surface area contributed by atoms with Crippen LogP contribution >= 0.6 is 0 Å². The molecule has 5 heteroatoms. The molecule has 1 unspecified atom stereocenters. The molecule has 0 saturated carbocycles. The van der Waals surface area contributed by atoms with Crippen LogP contribution in [-0.2, 0) is 16.0 Å². The number of benzene rings is 2. The third kappa shape index (κ3) is 4.26. The summed E-state index contributed by atoms with van der Waals surface area (Å²) in [4.78, 5) is 12.4. The maximum Gasteiger partial charge on any atom is 0.333 e. The Morgan fingerprint density at radius 1 is 1.25 bits per heavy atom. The molecule has 1 atom stereocenters. The fourth-order valence-corrected chi connectivity index (χ4v) is 2.43. The van der Waals surface area contributed by atoms with Crippen molar-refractivity contribution in [1.82, 2.24) is 0 Å². The Morgan fingerprint density at radius 3 is 2.54 bits per heavy atom. The average molecular weight is 323 g/mol. The number of hydrogen-bond donors (Lipinski definition) is 2. The van der Waals surface area contributed by atoms with E-state index >= 15 is 0 Å². The van der Waals surface area contributed by atoms with Gasteiger partial charge in [-0.05, 0) is 60.9 Å². The molecule has 2 rings (SSSR count). The van der Waals surface area contributed by atoms with E-state index in [9.17, 15) is 4.79 Å². The second-order valence-corrected chi connectivity index (χ2v) is 5.38. The highest BCUT2D eigenvalue weighted by Crippen LogP contribution is 2.25. The number of hydrogen-bond acceptors (Lipinski definition) is 5. The molecule has 2 aromatic rings. The summed E-state index contributed by atoms with van der Waals surface area (Å²) in [7, 11) is 0. The van der Waals surface area contributed by atoms with Crippen molar-refractivity contribution in [3.63, 3.8) is 0 Å². The number of carbonyl (C=O) groups is 1. The first kappa shape index (κ1) is 17.4. The highest BCUT2D eigenvalue weighted by Gasteiger charge is 2.22. The number of nitriles is 1. The minimum atomic E-state index is -0.660. The first-order valence-electron chi connectivity index (χ1n) is 7.90. The number of esters is 1. The van der Waals surface area contributed by atoms with Gasteiger partial charge in [0.2, 0.25) is 0 Å². The molecule has 0 heterocycles. The van der Waals surface area contributed by atoms with Crippen molar-refractivity contribution in [2.45, 2.75) is 26.3 Å². The molecule has 0 bridgehead atoms. The fourth-order valence-electron chi connectivity index (χ4n) is 2.43. The van der Waals surface area contributed by atoms with Crippen LogP contribution in [0, 0.1) is 11.3 Å². The highest BCUT2D eigenvalue weighted by molar-refractivity contribution is 5.81. The number of nitrogens with one attached hydrogen (secondary N) is 1. The Balaban J connectivity index is 2.35. The van der Waals surface area contributed by atoms with Crippen molar-refractivity contribution in [3.05, 3.63) is 59.2 Å². The van der Waals surface area contributed by atoms with Gasteiger partial charge < -0.3 is 15.8 Å². The standard InChI is InChI=1S/C19H21N3O2/c1-3-13-9-15(11-16(21)10-13)18(19(23)24-4-2)22-17-7-5-14(12-20)6-8-17/h5-11,18,22H,3-4,21H2,1-2H3. The van der Waals surface area contributed by atoms with Crippen LogP contribution in [0.4, 0.5) is 11.4 Å². The number of nitrogens with two attached hydrogens (primary N) is 1. The lowest BCUT2D eigenvalue weighted by Gasteiger charge is -2.20. The van der Waals surface area contributed by atoms with Gasteiger partial charge in [0.1, 0.15) is 0 Å². The maximum atomic E-state index is 12.4. The van der Waals surface area contributed by atoms with Crippen LogP contribution in [-0.4, -0.2) is 12.6 Å². The van der Waals surface area contributed by atoms with Gasteiger partial charge in [0, 0.05) is 11.4 Å². The maximum absolute atomic E-state index is 12.4. The lowest BCUT2D eigenvalue weighted by atomic mass is 10.0. The van der Waals surface area contributed by atoms with Gasteiger partial charge in [-0.1, -0.05) is 13.0 Å². The summed E-state index contributed by atoms with van der Waals surface area (Å²) in [5.41, 5.74) is 9.68. The second kappa shape index (κ2) is 8.02. The molecule has 0 spiro atoms. The SMILES string of the molecule is CCOC(=O)C(Nc1ccc(C#N)cc1)c1cc(N)cc(CC)c1. The summed E-state index contributed by atoms with van der Waals surface area (Å²) in [6, 6.07) is 13.9. The molecule has 0 fully saturated rings. The van der Waals surface area contributed by atoms with E-state index in [1.807, 2.05) is 19.1 Å². The van der Waals surface area contributed by atoms with Gasteiger partial charge in [-0.15, -0.1) is 0 Å². The monoisotopic (exact) mass is 323 g/mol. The van der Waals surface area contributed by atoms with Crippen LogP contribution in [0.2, 0.25) is 0 Å². The number of ether oxygens (including phenoxy) is 1. The van der Waals surface area contributed by atoms with Crippen molar-refractivity contribution in [1.29, 1.82) is 5.26 Å². The highest BCUT2D eigenvalue weighted by atomic mass is 16.5. The minimum absolute atomic E-state index is 0.299. The first-order chi connectivity index (χ1) is 11.6. The molecule has 3 N–H and O–H groups in total. The Morgan fingerprint density at radius 2 is 1.96 bits per heavy atom. The molecule has 0 amide bonds. The van der Waals surface area contributed by atoms with Crippen LogP contribution < -0.4 is 11.1 Å². The van der Waals surface area contributed by atoms with Crippen LogP contribution in [0.1, 0.15) is 36.6 Å². The Bertz CT molecular complexity index is 748. The van der Waals surface area contributed by atoms with E-state index in [1.54, 1.807) is 37.3 Å². The molecule has 5 nitrogen and oxygen atoms in total. The zero-order valence-electron chi connectivity index (χ0n) is 13.9. The van der Waals surface area contributed by atoms with Gasteiger partial charge in [-0.25, -0.2) is 4.79 Å². The Labute approximate surface area is 142 Å². The van der Waals surface area contributed by atoms with E-state index in [4.69, 9.17) is 15.7 Å². The number of rotatable bonds is 6. The van der Waals surface area contributed by atoms with E-state index < -0.39 is 6.04 Å². The van der Waals surface area contributed by atoms with E-state index in [1.165, 1.54) is 0 Å². The average Bonchev–Trinajstić information content (AvgIpc) is 2.59. The van der Waals surface area contributed by atoms with Crippen LogP contribution in [0.5, 0.6) is 0 Å². The first-order valence-corrected chi connectivity index (χ1v) is 7.90. The van der Waals surface area contributed by atoms with E-state index in [-0.39, 0.29) is 5.97 Å². The molecule has 2 aromatic carbocycles. The zero-order chi connectivity index (χ0) is 17.5. The fraction of sp³-hybridized carbons (Fsp3) is 0.263. The zero-order valence-corrected chi connectivity index (χ0v) is 13.9. The van der Waals surface area contributed by atoms with Gasteiger partial charge in [0.15, 0.2) is 6.04 Å². The molecule has 0 aromatic heterocycles. The van der Waals surface area contributed by atoms with Crippen LogP contribution in [0.3, 0.4) is 0 Å². The molecule has 0 saturated heterocycles.